The van der Waals surface area contributed by atoms with Crippen LogP contribution in [0.1, 0.15) is 27.6 Å². The van der Waals surface area contributed by atoms with Crippen molar-refractivity contribution in [3.8, 4) is 34.5 Å². The molecule has 0 atom stereocenters. The maximum Gasteiger partial charge on any atom is 0.339 e. The van der Waals surface area contributed by atoms with E-state index in [2.05, 4.69) is 36.6 Å². The molecule has 0 bridgehead atoms. The molecule has 0 aliphatic carbocycles. The fourth-order valence-electron chi connectivity index (χ4n) is 5.36. The summed E-state index contributed by atoms with van der Waals surface area (Å²) in [5.41, 5.74) is 2.38. The lowest BCUT2D eigenvalue weighted by molar-refractivity contribution is 0.0693. The zero-order valence-corrected chi connectivity index (χ0v) is 33.2. The van der Waals surface area contributed by atoms with Gasteiger partial charge in [-0.15, -0.1) is 0 Å². The van der Waals surface area contributed by atoms with Crippen LogP contribution in [-0.4, -0.2) is 73.9 Å². The summed E-state index contributed by atoms with van der Waals surface area (Å²) in [4.78, 5) is 55.4. The molecule has 2 aromatic heterocycles. The molecule has 16 nitrogen and oxygen atoms in total. The summed E-state index contributed by atoms with van der Waals surface area (Å²) in [6, 6.07) is 18.6. The molecule has 300 valence electrons. The Morgan fingerprint density at radius 3 is 1.48 bits per heavy atom. The van der Waals surface area contributed by atoms with Crippen LogP contribution in [0.15, 0.2) is 85.2 Å². The van der Waals surface area contributed by atoms with E-state index in [1.54, 1.807) is 73.1 Å². The van der Waals surface area contributed by atoms with E-state index in [0.717, 1.165) is 0 Å². The first kappa shape index (κ1) is 42.1. The quantitative estimate of drug-likeness (QED) is 0.0731. The Morgan fingerprint density at radius 1 is 0.638 bits per heavy atom. The van der Waals surface area contributed by atoms with Gasteiger partial charge in [-0.3, -0.25) is 14.8 Å². The second kappa shape index (κ2) is 19.2. The molecule has 0 saturated heterocycles. The van der Waals surface area contributed by atoms with E-state index in [1.807, 2.05) is 6.92 Å². The molecule has 18 heteroatoms. The van der Waals surface area contributed by atoms with Crippen LogP contribution in [0.2, 0.25) is 10.0 Å². The van der Waals surface area contributed by atoms with Crippen LogP contribution >= 0.6 is 23.2 Å². The molecule has 6 rings (SSSR count). The number of ether oxygens (including phenoxy) is 4. The van der Waals surface area contributed by atoms with Crippen molar-refractivity contribution in [3.05, 3.63) is 106 Å². The first-order valence-corrected chi connectivity index (χ1v) is 18.0. The van der Waals surface area contributed by atoms with Crippen molar-refractivity contribution in [1.82, 2.24) is 25.9 Å². The number of halogens is 2. The molecule has 0 aliphatic heterocycles. The Kier molecular flexibility index (Phi) is 13.9. The van der Waals surface area contributed by atoms with Gasteiger partial charge in [-0.1, -0.05) is 23.2 Å². The lowest BCUT2D eigenvalue weighted by Crippen LogP contribution is -2.24. The Labute approximate surface area is 341 Å². The number of pyridine rings is 2. The van der Waals surface area contributed by atoms with Crippen molar-refractivity contribution in [2.24, 2.45) is 0 Å². The number of nitrogens with zero attached hydrogens (tertiary/aromatic N) is 2. The van der Waals surface area contributed by atoms with Crippen LogP contribution in [0.4, 0.5) is 21.0 Å². The minimum absolute atomic E-state index is 0.00370. The first-order valence-electron chi connectivity index (χ1n) is 17.3. The largest absolute Gasteiger partial charge is 0.496 e. The lowest BCUT2D eigenvalue weighted by atomic mass is 10.1. The average Bonchev–Trinajstić information content (AvgIpc) is 3.22. The molecular formula is C40H37Cl2N7O9. The minimum atomic E-state index is -1.12. The van der Waals surface area contributed by atoms with Crippen LogP contribution in [0.25, 0.3) is 21.8 Å². The van der Waals surface area contributed by atoms with Crippen LogP contribution in [0.3, 0.4) is 0 Å². The fourth-order valence-corrected chi connectivity index (χ4v) is 5.79. The highest BCUT2D eigenvalue weighted by Gasteiger charge is 2.18. The molecule has 2 heterocycles. The van der Waals surface area contributed by atoms with Crippen LogP contribution in [-0.2, 0) is 0 Å². The molecular weight excluding hydrogens is 793 g/mol. The lowest BCUT2D eigenvalue weighted by Gasteiger charge is -2.14. The van der Waals surface area contributed by atoms with Crippen molar-refractivity contribution in [2.75, 3.05) is 45.5 Å². The van der Waals surface area contributed by atoms with E-state index in [4.69, 9.17) is 42.1 Å². The molecule has 0 radical (unpaired) electrons. The summed E-state index contributed by atoms with van der Waals surface area (Å²) in [5, 5.41) is 24.0. The first-order chi connectivity index (χ1) is 27.9. The topological polar surface area (TPSA) is 211 Å². The van der Waals surface area contributed by atoms with Gasteiger partial charge < -0.3 is 50.6 Å². The Balaban J connectivity index is 0.000000221. The number of aromatic nitrogens is 2. The number of carbonyl (C=O) groups is 4. The van der Waals surface area contributed by atoms with E-state index >= 15 is 0 Å². The highest BCUT2D eigenvalue weighted by Crippen LogP contribution is 2.37. The van der Waals surface area contributed by atoms with Gasteiger partial charge in [0.2, 0.25) is 0 Å². The number of amides is 5. The number of hydrogen-bond donors (Lipinski definition) is 6. The van der Waals surface area contributed by atoms with Crippen LogP contribution in [0.5, 0.6) is 34.5 Å². The normalized spacial score (nSPS) is 10.4. The Bertz CT molecular complexity index is 2520. The molecule has 58 heavy (non-hydrogen) atoms. The Hall–Kier alpha value is -7.04. The van der Waals surface area contributed by atoms with Gasteiger partial charge >= 0.3 is 18.0 Å². The highest BCUT2D eigenvalue weighted by atomic mass is 35.5. The smallest absolute Gasteiger partial charge is 0.339 e. The molecule has 6 aromatic rings. The second-order valence-electron chi connectivity index (χ2n) is 11.8. The molecule has 6 N–H and O–H groups in total. The van der Waals surface area contributed by atoms with Gasteiger partial charge in [-0.05, 0) is 55.5 Å². The number of fused-ring (bicyclic) bond motifs is 2. The highest BCUT2D eigenvalue weighted by molar-refractivity contribution is 6.34. The summed E-state index contributed by atoms with van der Waals surface area (Å²) in [6.45, 7) is 2.33. The number of urea groups is 2. The van der Waals surface area contributed by atoms with Gasteiger partial charge in [0.25, 0.3) is 5.91 Å². The van der Waals surface area contributed by atoms with Crippen LogP contribution in [0, 0.1) is 0 Å². The SMILES string of the molecule is CCNC(=O)c1cc2c(Oc3ccc(NC(=O)NC)c(Cl)c3)ccnc2cc1OC.CNC(=O)Nc1ccc(Oc2ccnc3cc(OC)c(C(=O)O)cc23)cc1Cl. The van der Waals surface area contributed by atoms with Crippen molar-refractivity contribution < 1.29 is 43.2 Å². The maximum absolute atomic E-state index is 12.4. The van der Waals surface area contributed by atoms with E-state index in [-0.39, 0.29) is 28.3 Å². The predicted octanol–water partition coefficient (Wildman–Crippen LogP) is 8.33. The summed E-state index contributed by atoms with van der Waals surface area (Å²) < 4.78 is 22.4. The van der Waals surface area contributed by atoms with E-state index in [0.29, 0.717) is 79.1 Å². The number of anilines is 2. The van der Waals surface area contributed by atoms with Gasteiger partial charge in [0, 0.05) is 68.1 Å². The third-order valence-corrected chi connectivity index (χ3v) is 8.77. The van der Waals surface area contributed by atoms with Gasteiger partial charge in [-0.25, -0.2) is 14.4 Å². The van der Waals surface area contributed by atoms with Crippen molar-refractivity contribution in [1.29, 1.82) is 0 Å². The van der Waals surface area contributed by atoms with Gasteiger partial charge in [0.1, 0.15) is 40.1 Å². The number of carboxylic acid groups (broad SMARTS) is 1. The summed E-state index contributed by atoms with van der Waals surface area (Å²) in [6.07, 6.45) is 3.15. The number of hydrogen-bond acceptors (Lipinski definition) is 10. The zero-order chi connectivity index (χ0) is 41.9. The van der Waals surface area contributed by atoms with E-state index in [9.17, 15) is 24.3 Å². The number of methoxy groups -OCH3 is 2. The van der Waals surface area contributed by atoms with Gasteiger partial charge in [-0.2, -0.15) is 0 Å². The number of nitrogens with one attached hydrogen (secondary N) is 5. The third-order valence-electron chi connectivity index (χ3n) is 8.15. The van der Waals surface area contributed by atoms with Crippen molar-refractivity contribution >= 4 is 80.3 Å². The van der Waals surface area contributed by atoms with Crippen molar-refractivity contribution in [3.63, 3.8) is 0 Å². The number of carbonyl (C=O) groups excluding carboxylic acids is 3. The van der Waals surface area contributed by atoms with Crippen molar-refractivity contribution in [2.45, 2.75) is 6.92 Å². The summed E-state index contributed by atoms with van der Waals surface area (Å²) in [7, 11) is 5.90. The summed E-state index contributed by atoms with van der Waals surface area (Å²) in [5.74, 6) is 1.02. The average molecular weight is 831 g/mol. The number of aromatic carboxylic acids is 1. The predicted molar refractivity (Wildman–Crippen MR) is 221 cm³/mol. The standard InChI is InChI=1S/C21H21ClN4O4.C19H16ClN3O5/c1-4-24-20(27)14-10-13-17(11-19(14)29-3)25-8-7-18(13)30-12-5-6-16(15(22)9-12)26-21(28)23-2;1-21-19(26)23-14-4-3-10(7-13(14)20)28-16-5-6-22-15-9-17(27-2)12(18(24)25)8-11(15)16/h5-11H,4H2,1-3H3,(H,24,27)(H2,23,26,28);3-9H,1-2H3,(H,24,25)(H2,21,23,26). The minimum Gasteiger partial charge on any atom is -0.496 e. The Morgan fingerprint density at radius 2 is 1.09 bits per heavy atom. The van der Waals surface area contributed by atoms with Gasteiger partial charge in [0.15, 0.2) is 0 Å². The summed E-state index contributed by atoms with van der Waals surface area (Å²) >= 11 is 12.4. The number of benzene rings is 4. The van der Waals surface area contributed by atoms with E-state index < -0.39 is 12.0 Å². The van der Waals surface area contributed by atoms with Crippen LogP contribution < -0.4 is 45.5 Å². The third kappa shape index (κ3) is 10.0. The fraction of sp³-hybridized carbons (Fsp3) is 0.150. The van der Waals surface area contributed by atoms with Gasteiger partial charge in [0.05, 0.1) is 52.2 Å². The molecule has 0 aliphatic rings. The molecule has 5 amide bonds. The molecule has 0 unspecified atom stereocenters. The number of rotatable bonds is 11. The van der Waals surface area contributed by atoms with E-state index in [1.165, 1.54) is 40.4 Å². The second-order valence-corrected chi connectivity index (χ2v) is 12.6. The molecule has 0 spiro atoms. The molecule has 4 aromatic carbocycles. The molecule has 0 fully saturated rings. The molecule has 0 saturated carbocycles. The zero-order valence-electron chi connectivity index (χ0n) is 31.7. The number of carboxylic acids is 1. The maximum atomic E-state index is 12.4. The monoisotopic (exact) mass is 829 g/mol.